The summed E-state index contributed by atoms with van der Waals surface area (Å²) < 4.78 is 12.7. The second kappa shape index (κ2) is 6.16. The lowest BCUT2D eigenvalue weighted by Crippen LogP contribution is -2.07. The van der Waals surface area contributed by atoms with Gasteiger partial charge in [-0.25, -0.2) is 4.39 Å². The van der Waals surface area contributed by atoms with Crippen molar-refractivity contribution in [1.82, 2.24) is 0 Å². The number of carbonyl (C=O) groups is 1. The summed E-state index contributed by atoms with van der Waals surface area (Å²) in [6, 6.07) is 12.8. The first kappa shape index (κ1) is 13.3. The van der Waals surface area contributed by atoms with Crippen molar-refractivity contribution in [2.24, 2.45) is 0 Å². The molecule has 2 aromatic rings. The van der Waals surface area contributed by atoms with Gasteiger partial charge in [-0.05, 0) is 42.0 Å². The molecule has 1 amide bonds. The maximum absolute atomic E-state index is 12.7. The Balaban J connectivity index is 1.99. The minimum absolute atomic E-state index is 0.272. The molecule has 0 unspecified atom stereocenters. The van der Waals surface area contributed by atoms with E-state index in [0.29, 0.717) is 10.7 Å². The number of benzene rings is 2. The molecular weight excluding hydrogens is 265 g/mol. The van der Waals surface area contributed by atoms with Gasteiger partial charge in [0.1, 0.15) is 5.82 Å². The second-order valence-electron chi connectivity index (χ2n) is 3.88. The highest BCUT2D eigenvalue weighted by Gasteiger charge is 1.98. The minimum atomic E-state index is -0.305. The molecule has 0 saturated heterocycles. The van der Waals surface area contributed by atoms with Crippen LogP contribution in [0.2, 0.25) is 5.02 Å². The highest BCUT2D eigenvalue weighted by Crippen LogP contribution is 2.14. The second-order valence-corrected chi connectivity index (χ2v) is 4.32. The van der Waals surface area contributed by atoms with E-state index in [-0.39, 0.29) is 11.7 Å². The van der Waals surface area contributed by atoms with Crippen LogP contribution in [0.4, 0.5) is 10.1 Å². The molecule has 2 nitrogen and oxygen atoms in total. The van der Waals surface area contributed by atoms with Crippen LogP contribution in [0, 0.1) is 5.82 Å². The summed E-state index contributed by atoms with van der Waals surface area (Å²) in [4.78, 5) is 11.6. The molecule has 2 aromatic carbocycles. The Labute approximate surface area is 115 Å². The summed E-state index contributed by atoms with van der Waals surface area (Å²) in [6.45, 7) is 0. The molecule has 0 radical (unpaired) electrons. The zero-order chi connectivity index (χ0) is 13.7. The van der Waals surface area contributed by atoms with Gasteiger partial charge in [0.15, 0.2) is 0 Å². The van der Waals surface area contributed by atoms with Crippen LogP contribution in [0.1, 0.15) is 5.56 Å². The molecule has 96 valence electrons. The third-order valence-electron chi connectivity index (χ3n) is 2.39. The lowest BCUT2D eigenvalue weighted by Gasteiger charge is -2.01. The van der Waals surface area contributed by atoms with Crippen LogP contribution < -0.4 is 5.32 Å². The normalized spacial score (nSPS) is 10.6. The molecule has 0 heterocycles. The fourth-order valence-corrected chi connectivity index (χ4v) is 1.69. The average Bonchev–Trinajstić information content (AvgIpc) is 2.38. The maximum atomic E-state index is 12.7. The molecule has 0 aliphatic carbocycles. The topological polar surface area (TPSA) is 29.1 Å². The van der Waals surface area contributed by atoms with Gasteiger partial charge < -0.3 is 5.32 Å². The number of carbonyl (C=O) groups excluding carboxylic acids is 1. The maximum Gasteiger partial charge on any atom is 0.248 e. The van der Waals surface area contributed by atoms with Crippen LogP contribution in [-0.2, 0) is 4.79 Å². The van der Waals surface area contributed by atoms with E-state index in [2.05, 4.69) is 5.32 Å². The Bertz CT molecular complexity index is 608. The summed E-state index contributed by atoms with van der Waals surface area (Å²) in [5, 5.41) is 3.24. The van der Waals surface area contributed by atoms with Gasteiger partial charge in [-0.3, -0.25) is 4.79 Å². The third-order valence-corrected chi connectivity index (χ3v) is 2.62. The quantitative estimate of drug-likeness (QED) is 0.839. The van der Waals surface area contributed by atoms with Crippen molar-refractivity contribution in [2.45, 2.75) is 0 Å². The first-order valence-corrected chi connectivity index (χ1v) is 6.01. The predicted molar refractivity (Wildman–Crippen MR) is 75.5 cm³/mol. The zero-order valence-electron chi connectivity index (χ0n) is 9.94. The van der Waals surface area contributed by atoms with Crippen molar-refractivity contribution < 1.29 is 9.18 Å². The molecule has 0 saturated carbocycles. The van der Waals surface area contributed by atoms with E-state index >= 15 is 0 Å². The highest BCUT2D eigenvalue weighted by atomic mass is 35.5. The summed E-state index contributed by atoms with van der Waals surface area (Å²) in [6.07, 6.45) is 2.99. The van der Waals surface area contributed by atoms with Crippen LogP contribution in [0.3, 0.4) is 0 Å². The number of hydrogen-bond acceptors (Lipinski definition) is 1. The van der Waals surface area contributed by atoms with Gasteiger partial charge in [0.2, 0.25) is 5.91 Å². The first-order chi connectivity index (χ1) is 9.13. The Kier molecular flexibility index (Phi) is 4.31. The summed E-state index contributed by atoms with van der Waals surface area (Å²) in [7, 11) is 0. The van der Waals surface area contributed by atoms with Crippen molar-refractivity contribution in [3.63, 3.8) is 0 Å². The molecule has 0 aliphatic heterocycles. The Hall–Kier alpha value is -2.13. The standard InChI is InChI=1S/C15H11ClFNO/c16-12-2-1-3-14(10-12)18-15(19)9-6-11-4-7-13(17)8-5-11/h1-10H,(H,18,19)/b9-6+. The molecule has 0 fully saturated rings. The van der Waals surface area contributed by atoms with E-state index < -0.39 is 0 Å². The smallest absolute Gasteiger partial charge is 0.248 e. The molecule has 2 rings (SSSR count). The van der Waals surface area contributed by atoms with E-state index in [1.807, 2.05) is 0 Å². The van der Waals surface area contributed by atoms with Gasteiger partial charge in [0, 0.05) is 16.8 Å². The van der Waals surface area contributed by atoms with E-state index in [9.17, 15) is 9.18 Å². The third kappa shape index (κ3) is 4.23. The first-order valence-electron chi connectivity index (χ1n) is 5.64. The SMILES string of the molecule is O=C(/C=C/c1ccc(F)cc1)Nc1cccc(Cl)c1. The number of anilines is 1. The number of halogens is 2. The van der Waals surface area contributed by atoms with Crippen LogP contribution >= 0.6 is 11.6 Å². The highest BCUT2D eigenvalue weighted by molar-refractivity contribution is 6.30. The Morgan fingerprint density at radius 3 is 2.58 bits per heavy atom. The van der Waals surface area contributed by atoms with E-state index in [1.165, 1.54) is 18.2 Å². The van der Waals surface area contributed by atoms with Crippen molar-refractivity contribution in [3.05, 3.63) is 71.0 Å². The molecule has 1 N–H and O–H groups in total. The molecule has 0 bridgehead atoms. The number of rotatable bonds is 3. The van der Waals surface area contributed by atoms with Gasteiger partial charge in [-0.1, -0.05) is 29.8 Å². The molecule has 0 aromatic heterocycles. The molecule has 0 spiro atoms. The monoisotopic (exact) mass is 275 g/mol. The van der Waals surface area contributed by atoms with Crippen molar-refractivity contribution in [3.8, 4) is 0 Å². The lowest BCUT2D eigenvalue weighted by molar-refractivity contribution is -0.111. The zero-order valence-corrected chi connectivity index (χ0v) is 10.7. The lowest BCUT2D eigenvalue weighted by atomic mass is 10.2. The fourth-order valence-electron chi connectivity index (χ4n) is 1.50. The molecule has 4 heteroatoms. The molecule has 0 atom stereocenters. The summed E-state index contributed by atoms with van der Waals surface area (Å²) >= 11 is 5.81. The van der Waals surface area contributed by atoms with Gasteiger partial charge in [0.25, 0.3) is 0 Å². The molecular formula is C15H11ClFNO. The Morgan fingerprint density at radius 1 is 1.16 bits per heavy atom. The van der Waals surface area contributed by atoms with Crippen molar-refractivity contribution in [2.75, 3.05) is 5.32 Å². The van der Waals surface area contributed by atoms with Crippen LogP contribution in [-0.4, -0.2) is 5.91 Å². The Morgan fingerprint density at radius 2 is 1.89 bits per heavy atom. The van der Waals surface area contributed by atoms with Gasteiger partial charge in [0.05, 0.1) is 0 Å². The molecule has 0 aliphatic rings. The van der Waals surface area contributed by atoms with Crippen LogP contribution in [0.25, 0.3) is 6.08 Å². The van der Waals surface area contributed by atoms with Crippen molar-refractivity contribution >= 4 is 29.3 Å². The summed E-state index contributed by atoms with van der Waals surface area (Å²) in [5.41, 5.74) is 1.38. The van der Waals surface area contributed by atoms with Crippen LogP contribution in [0.15, 0.2) is 54.6 Å². The van der Waals surface area contributed by atoms with Gasteiger partial charge >= 0.3 is 0 Å². The summed E-state index contributed by atoms with van der Waals surface area (Å²) in [5.74, 6) is -0.577. The minimum Gasteiger partial charge on any atom is -0.322 e. The molecule has 19 heavy (non-hydrogen) atoms. The number of nitrogens with one attached hydrogen (secondary N) is 1. The average molecular weight is 276 g/mol. The number of hydrogen-bond donors (Lipinski definition) is 1. The fraction of sp³-hybridized carbons (Fsp3) is 0. The van der Waals surface area contributed by atoms with E-state index in [1.54, 1.807) is 42.5 Å². The van der Waals surface area contributed by atoms with E-state index in [0.717, 1.165) is 5.56 Å². The van der Waals surface area contributed by atoms with Gasteiger partial charge in [-0.2, -0.15) is 0 Å². The predicted octanol–water partition coefficient (Wildman–Crippen LogP) is 4.13. The van der Waals surface area contributed by atoms with Gasteiger partial charge in [-0.15, -0.1) is 0 Å². The van der Waals surface area contributed by atoms with Crippen LogP contribution in [0.5, 0.6) is 0 Å². The number of amides is 1. The van der Waals surface area contributed by atoms with Crippen molar-refractivity contribution in [1.29, 1.82) is 0 Å². The largest absolute Gasteiger partial charge is 0.322 e. The van der Waals surface area contributed by atoms with E-state index in [4.69, 9.17) is 11.6 Å².